The van der Waals surface area contributed by atoms with E-state index >= 15 is 0 Å². The van der Waals surface area contributed by atoms with Crippen LogP contribution in [0.3, 0.4) is 0 Å². The molecule has 1 heterocycles. The number of rotatable bonds is 5. The molecule has 0 aliphatic carbocycles. The molecule has 80 valence electrons. The molecule has 0 aliphatic heterocycles. The second-order valence-electron chi connectivity index (χ2n) is 2.87. The van der Waals surface area contributed by atoms with Crippen LogP contribution in [0.15, 0.2) is 21.6 Å². The maximum absolute atomic E-state index is 11.5. The van der Waals surface area contributed by atoms with Crippen LogP contribution >= 0.6 is 0 Å². The standard InChI is InChI=1S/C8H14N2O3S/c1-7-3-4-8(13-7)14(11,12)10-6-5-9-2/h3-4,9-10H,5-6H2,1-2H3. The third kappa shape index (κ3) is 2.83. The number of furan rings is 1. The van der Waals surface area contributed by atoms with E-state index in [1.54, 1.807) is 20.0 Å². The molecular formula is C8H14N2O3S. The van der Waals surface area contributed by atoms with Crippen molar-refractivity contribution in [2.45, 2.75) is 12.0 Å². The Hall–Kier alpha value is -0.850. The van der Waals surface area contributed by atoms with Crippen LogP contribution in [0.4, 0.5) is 0 Å². The molecule has 0 saturated carbocycles. The van der Waals surface area contributed by atoms with Gasteiger partial charge in [-0.1, -0.05) is 0 Å². The highest BCUT2D eigenvalue weighted by molar-refractivity contribution is 7.89. The summed E-state index contributed by atoms with van der Waals surface area (Å²) in [5.74, 6) is 0.582. The van der Waals surface area contributed by atoms with Crippen LogP contribution in [0.1, 0.15) is 5.76 Å². The van der Waals surface area contributed by atoms with Gasteiger partial charge in [-0.05, 0) is 26.1 Å². The zero-order chi connectivity index (χ0) is 10.6. The maximum Gasteiger partial charge on any atom is 0.274 e. The van der Waals surface area contributed by atoms with Gasteiger partial charge in [0.25, 0.3) is 10.0 Å². The number of likely N-dealkylation sites (N-methyl/N-ethyl adjacent to an activating group) is 1. The molecule has 0 atom stereocenters. The van der Waals surface area contributed by atoms with E-state index < -0.39 is 10.0 Å². The summed E-state index contributed by atoms with van der Waals surface area (Å²) in [6.07, 6.45) is 0. The number of hydrogen-bond acceptors (Lipinski definition) is 4. The highest BCUT2D eigenvalue weighted by atomic mass is 32.2. The SMILES string of the molecule is CNCCNS(=O)(=O)c1ccc(C)o1. The Kier molecular flexibility index (Phi) is 3.68. The molecule has 0 fully saturated rings. The molecule has 0 amide bonds. The van der Waals surface area contributed by atoms with Crippen molar-refractivity contribution in [1.29, 1.82) is 0 Å². The second-order valence-corrected chi connectivity index (χ2v) is 4.56. The van der Waals surface area contributed by atoms with Crippen LogP contribution in [0.2, 0.25) is 0 Å². The highest BCUT2D eigenvalue weighted by Crippen LogP contribution is 2.11. The lowest BCUT2D eigenvalue weighted by molar-refractivity contribution is 0.425. The van der Waals surface area contributed by atoms with Crippen molar-refractivity contribution in [1.82, 2.24) is 10.0 Å². The first-order chi connectivity index (χ1) is 6.56. The Morgan fingerprint density at radius 1 is 1.36 bits per heavy atom. The smallest absolute Gasteiger partial charge is 0.274 e. The summed E-state index contributed by atoms with van der Waals surface area (Å²) in [5.41, 5.74) is 0. The fraction of sp³-hybridized carbons (Fsp3) is 0.500. The van der Waals surface area contributed by atoms with E-state index in [1.165, 1.54) is 6.07 Å². The first kappa shape index (κ1) is 11.2. The van der Waals surface area contributed by atoms with E-state index in [0.29, 0.717) is 18.8 Å². The van der Waals surface area contributed by atoms with Crippen molar-refractivity contribution < 1.29 is 12.8 Å². The molecule has 0 radical (unpaired) electrons. The predicted octanol–water partition coefficient (Wildman–Crippen LogP) is 0.0857. The van der Waals surface area contributed by atoms with Crippen LogP contribution in [0.5, 0.6) is 0 Å². The zero-order valence-corrected chi connectivity index (χ0v) is 9.02. The van der Waals surface area contributed by atoms with Gasteiger partial charge in [-0.15, -0.1) is 0 Å². The quantitative estimate of drug-likeness (QED) is 0.687. The van der Waals surface area contributed by atoms with Crippen molar-refractivity contribution in [2.24, 2.45) is 0 Å². The van der Waals surface area contributed by atoms with E-state index in [4.69, 9.17) is 4.42 Å². The third-order valence-electron chi connectivity index (χ3n) is 1.65. The minimum Gasteiger partial charge on any atom is -0.449 e. The van der Waals surface area contributed by atoms with Gasteiger partial charge in [0.2, 0.25) is 5.09 Å². The van der Waals surface area contributed by atoms with E-state index in [2.05, 4.69) is 10.0 Å². The van der Waals surface area contributed by atoms with Crippen LogP contribution in [0, 0.1) is 6.92 Å². The van der Waals surface area contributed by atoms with Gasteiger partial charge in [-0.25, -0.2) is 13.1 Å². The Balaban J connectivity index is 2.66. The average Bonchev–Trinajstić information content (AvgIpc) is 2.53. The number of sulfonamides is 1. The predicted molar refractivity (Wildman–Crippen MR) is 52.6 cm³/mol. The molecule has 0 saturated heterocycles. The minimum absolute atomic E-state index is 0.0360. The maximum atomic E-state index is 11.5. The van der Waals surface area contributed by atoms with Gasteiger partial charge in [0.1, 0.15) is 5.76 Å². The van der Waals surface area contributed by atoms with Crippen molar-refractivity contribution in [3.63, 3.8) is 0 Å². The molecule has 0 spiro atoms. The molecule has 0 aliphatic rings. The second kappa shape index (κ2) is 4.59. The van der Waals surface area contributed by atoms with Gasteiger partial charge < -0.3 is 9.73 Å². The van der Waals surface area contributed by atoms with Crippen molar-refractivity contribution in [2.75, 3.05) is 20.1 Å². The molecule has 1 rings (SSSR count). The minimum atomic E-state index is -3.47. The van der Waals surface area contributed by atoms with Crippen LogP contribution in [-0.4, -0.2) is 28.6 Å². The van der Waals surface area contributed by atoms with Gasteiger partial charge >= 0.3 is 0 Å². The number of nitrogens with one attached hydrogen (secondary N) is 2. The average molecular weight is 218 g/mol. The fourth-order valence-corrected chi connectivity index (χ4v) is 1.94. The molecule has 0 aromatic carbocycles. The van der Waals surface area contributed by atoms with Gasteiger partial charge in [0.15, 0.2) is 0 Å². The molecule has 2 N–H and O–H groups in total. The van der Waals surface area contributed by atoms with E-state index in [9.17, 15) is 8.42 Å². The first-order valence-corrected chi connectivity index (χ1v) is 5.75. The molecule has 0 unspecified atom stereocenters. The Morgan fingerprint density at radius 3 is 2.57 bits per heavy atom. The van der Waals surface area contributed by atoms with Crippen molar-refractivity contribution >= 4 is 10.0 Å². The monoisotopic (exact) mass is 218 g/mol. The molecule has 14 heavy (non-hydrogen) atoms. The Bertz CT molecular complexity index is 383. The van der Waals surface area contributed by atoms with Crippen molar-refractivity contribution in [3.05, 3.63) is 17.9 Å². The summed E-state index contributed by atoms with van der Waals surface area (Å²) in [4.78, 5) is 0. The molecule has 0 bridgehead atoms. The zero-order valence-electron chi connectivity index (χ0n) is 8.20. The molecule has 1 aromatic rings. The normalized spacial score (nSPS) is 11.9. The highest BCUT2D eigenvalue weighted by Gasteiger charge is 2.16. The summed E-state index contributed by atoms with van der Waals surface area (Å²) in [6, 6.07) is 3.06. The fourth-order valence-electron chi connectivity index (χ4n) is 0.938. The molecule has 6 heteroatoms. The number of aryl methyl sites for hydroxylation is 1. The van der Waals surface area contributed by atoms with Gasteiger partial charge in [0.05, 0.1) is 0 Å². The summed E-state index contributed by atoms with van der Waals surface area (Å²) >= 11 is 0. The summed E-state index contributed by atoms with van der Waals surface area (Å²) in [6.45, 7) is 2.63. The Morgan fingerprint density at radius 2 is 2.07 bits per heavy atom. The lowest BCUT2D eigenvalue weighted by Gasteiger charge is -2.02. The van der Waals surface area contributed by atoms with Crippen LogP contribution in [0.25, 0.3) is 0 Å². The van der Waals surface area contributed by atoms with E-state index in [1.807, 2.05) is 0 Å². The summed E-state index contributed by atoms with van der Waals surface area (Å²) < 4.78 is 30.4. The van der Waals surface area contributed by atoms with Crippen LogP contribution in [-0.2, 0) is 10.0 Å². The molecule has 5 nitrogen and oxygen atoms in total. The van der Waals surface area contributed by atoms with Gasteiger partial charge in [-0.3, -0.25) is 0 Å². The Labute approximate surface area is 83.5 Å². The van der Waals surface area contributed by atoms with Gasteiger partial charge in [0, 0.05) is 13.1 Å². The van der Waals surface area contributed by atoms with Crippen molar-refractivity contribution in [3.8, 4) is 0 Å². The molecular weight excluding hydrogens is 204 g/mol. The third-order valence-corrected chi connectivity index (χ3v) is 2.98. The first-order valence-electron chi connectivity index (χ1n) is 4.27. The lowest BCUT2D eigenvalue weighted by atomic mass is 10.5. The van der Waals surface area contributed by atoms with E-state index in [-0.39, 0.29) is 5.09 Å². The number of hydrogen-bond donors (Lipinski definition) is 2. The summed E-state index contributed by atoms with van der Waals surface area (Å²) in [7, 11) is -1.71. The van der Waals surface area contributed by atoms with E-state index in [0.717, 1.165) is 0 Å². The molecule has 1 aromatic heterocycles. The summed E-state index contributed by atoms with van der Waals surface area (Å²) in [5, 5.41) is 2.80. The topological polar surface area (TPSA) is 71.3 Å². The largest absolute Gasteiger partial charge is 0.449 e. The lowest BCUT2D eigenvalue weighted by Crippen LogP contribution is -2.30. The van der Waals surface area contributed by atoms with Crippen LogP contribution < -0.4 is 10.0 Å². The van der Waals surface area contributed by atoms with Gasteiger partial charge in [-0.2, -0.15) is 0 Å².